The highest BCUT2D eigenvalue weighted by Gasteiger charge is 2.23. The van der Waals surface area contributed by atoms with Crippen LogP contribution in [0.3, 0.4) is 0 Å². The molecule has 3 aromatic rings. The van der Waals surface area contributed by atoms with Crippen molar-refractivity contribution in [2.75, 3.05) is 0 Å². The van der Waals surface area contributed by atoms with Crippen molar-refractivity contribution in [3.8, 4) is 23.8 Å². The first kappa shape index (κ1) is 16.4. The second-order valence-corrected chi connectivity index (χ2v) is 7.20. The van der Waals surface area contributed by atoms with Gasteiger partial charge in [-0.2, -0.15) is 0 Å². The lowest BCUT2D eigenvalue weighted by Crippen LogP contribution is -2.14. The third kappa shape index (κ3) is 2.95. The number of hydrogen-bond acceptors (Lipinski definition) is 3. The highest BCUT2D eigenvalue weighted by atomic mass is 35.5. The van der Waals surface area contributed by atoms with Crippen LogP contribution in [-0.4, -0.2) is 20.1 Å². The van der Waals surface area contributed by atoms with Crippen LogP contribution in [0, 0.1) is 12.3 Å². The minimum atomic E-state index is -0.237. The number of rotatable bonds is 2. The molecule has 1 heterocycles. The molecule has 1 N–H and O–H groups in total. The first-order valence-corrected chi connectivity index (χ1v) is 8.00. The van der Waals surface area contributed by atoms with Crippen molar-refractivity contribution in [3.63, 3.8) is 0 Å². The lowest BCUT2D eigenvalue weighted by atomic mass is 9.84. The molecular weight excluding hydrogens is 322 g/mol. The number of fused-ring (bicyclic) bond motifs is 1. The number of aromatic hydroxyl groups is 1. The minimum Gasteiger partial charge on any atom is -0.505 e. The van der Waals surface area contributed by atoms with E-state index in [1.54, 1.807) is 18.2 Å². The van der Waals surface area contributed by atoms with Crippen LogP contribution in [0.5, 0.6) is 5.75 Å². The van der Waals surface area contributed by atoms with E-state index in [2.05, 4.69) is 16.1 Å². The zero-order valence-corrected chi connectivity index (χ0v) is 14.6. The first-order valence-electron chi connectivity index (χ1n) is 7.62. The van der Waals surface area contributed by atoms with E-state index in [1.165, 1.54) is 4.80 Å². The lowest BCUT2D eigenvalue weighted by Gasteiger charge is -2.22. The van der Waals surface area contributed by atoms with Crippen molar-refractivity contribution in [1.29, 1.82) is 0 Å². The largest absolute Gasteiger partial charge is 0.505 e. The Morgan fingerprint density at radius 1 is 1.17 bits per heavy atom. The number of phenols is 1. The molecule has 0 aliphatic carbocycles. The smallest absolute Gasteiger partial charge is 0.146 e. The Morgan fingerprint density at radius 2 is 1.88 bits per heavy atom. The van der Waals surface area contributed by atoms with Gasteiger partial charge < -0.3 is 5.11 Å². The summed E-state index contributed by atoms with van der Waals surface area (Å²) in [5, 5.41) is 20.2. The van der Waals surface area contributed by atoms with E-state index in [0.717, 1.165) is 11.1 Å². The van der Waals surface area contributed by atoms with E-state index >= 15 is 0 Å². The molecule has 5 heteroatoms. The average molecular weight is 340 g/mol. The summed E-state index contributed by atoms with van der Waals surface area (Å²) >= 11 is 6.01. The van der Waals surface area contributed by atoms with Crippen molar-refractivity contribution >= 4 is 22.6 Å². The molecule has 0 amide bonds. The maximum absolute atomic E-state index is 10.8. The number of hydrogen-bond donors (Lipinski definition) is 1. The molecule has 0 unspecified atom stereocenters. The van der Waals surface area contributed by atoms with Gasteiger partial charge >= 0.3 is 0 Å². The molecule has 2 aromatic carbocycles. The summed E-state index contributed by atoms with van der Waals surface area (Å²) in [7, 11) is 0. The Hall–Kier alpha value is -2.51. The fourth-order valence-electron chi connectivity index (χ4n) is 2.62. The van der Waals surface area contributed by atoms with Gasteiger partial charge in [-0.3, -0.25) is 0 Å². The molecule has 0 bridgehead atoms. The topological polar surface area (TPSA) is 50.9 Å². The molecule has 122 valence electrons. The van der Waals surface area contributed by atoms with Crippen LogP contribution in [0.4, 0.5) is 0 Å². The number of phenolic OH excluding ortho intramolecular Hbond substituents is 1. The zero-order valence-electron chi connectivity index (χ0n) is 13.8. The van der Waals surface area contributed by atoms with Gasteiger partial charge in [-0.25, -0.2) is 0 Å². The third-order valence-electron chi connectivity index (χ3n) is 3.82. The van der Waals surface area contributed by atoms with Crippen molar-refractivity contribution in [3.05, 3.63) is 46.5 Å². The fourth-order valence-corrected chi connectivity index (χ4v) is 2.78. The summed E-state index contributed by atoms with van der Waals surface area (Å²) in [6.45, 7) is 6.12. The van der Waals surface area contributed by atoms with Gasteiger partial charge in [-0.15, -0.1) is 27.3 Å². The quantitative estimate of drug-likeness (QED) is 0.710. The van der Waals surface area contributed by atoms with E-state index in [4.69, 9.17) is 18.0 Å². The zero-order chi connectivity index (χ0) is 17.5. The predicted molar refractivity (Wildman–Crippen MR) is 96.8 cm³/mol. The van der Waals surface area contributed by atoms with E-state index in [-0.39, 0.29) is 11.2 Å². The number of terminal acetylenes is 1. The molecule has 4 nitrogen and oxygen atoms in total. The molecule has 0 radical (unpaired) electrons. The maximum Gasteiger partial charge on any atom is 0.146 e. The summed E-state index contributed by atoms with van der Waals surface area (Å²) in [6, 6.07) is 9.07. The van der Waals surface area contributed by atoms with Crippen LogP contribution in [0.15, 0.2) is 30.3 Å². The predicted octanol–water partition coefficient (Wildman–Crippen LogP) is 4.25. The minimum absolute atomic E-state index is 0.162. The van der Waals surface area contributed by atoms with Crippen molar-refractivity contribution < 1.29 is 5.11 Å². The molecule has 24 heavy (non-hydrogen) atoms. The van der Waals surface area contributed by atoms with Crippen LogP contribution in [0.2, 0.25) is 5.02 Å². The molecule has 1 aromatic heterocycles. The van der Waals surface area contributed by atoms with Crippen LogP contribution in [0.1, 0.15) is 31.9 Å². The molecule has 0 spiro atoms. The summed E-state index contributed by atoms with van der Waals surface area (Å²) in [6.07, 6.45) is 5.93. The van der Waals surface area contributed by atoms with E-state index < -0.39 is 0 Å². The van der Waals surface area contributed by atoms with Gasteiger partial charge in [0.1, 0.15) is 22.5 Å². The van der Waals surface area contributed by atoms with Crippen LogP contribution < -0.4 is 0 Å². The highest BCUT2D eigenvalue weighted by molar-refractivity contribution is 6.31. The second-order valence-electron chi connectivity index (χ2n) is 6.76. The van der Waals surface area contributed by atoms with Gasteiger partial charge in [0.15, 0.2) is 0 Å². The SMILES string of the molecule is C#CCc1cc(-n2nc3ccc(Cl)cc3n2)c(O)c(C(C)(C)C)c1. The highest BCUT2D eigenvalue weighted by Crippen LogP contribution is 2.36. The monoisotopic (exact) mass is 339 g/mol. The molecule has 0 saturated carbocycles. The Balaban J connectivity index is 2.24. The molecule has 0 aliphatic heterocycles. The number of benzene rings is 2. The average Bonchev–Trinajstić information content (AvgIpc) is 2.90. The lowest BCUT2D eigenvalue weighted by molar-refractivity contribution is 0.440. The van der Waals surface area contributed by atoms with Crippen molar-refractivity contribution in [2.45, 2.75) is 32.6 Å². The van der Waals surface area contributed by atoms with Gasteiger partial charge in [0.2, 0.25) is 0 Å². The number of aromatic nitrogens is 3. The summed E-state index contributed by atoms with van der Waals surface area (Å²) in [5.74, 6) is 2.81. The van der Waals surface area contributed by atoms with Gasteiger partial charge in [-0.1, -0.05) is 38.4 Å². The molecule has 3 rings (SSSR count). The van der Waals surface area contributed by atoms with Crippen LogP contribution in [0.25, 0.3) is 16.7 Å². The van der Waals surface area contributed by atoms with Gasteiger partial charge in [0.25, 0.3) is 0 Å². The Morgan fingerprint density at radius 3 is 2.54 bits per heavy atom. The van der Waals surface area contributed by atoms with E-state index in [0.29, 0.717) is 28.2 Å². The van der Waals surface area contributed by atoms with E-state index in [1.807, 2.05) is 32.9 Å². The number of nitrogens with zero attached hydrogens (tertiary/aromatic N) is 3. The Bertz CT molecular complexity index is 961. The fraction of sp³-hybridized carbons (Fsp3) is 0.263. The Labute approximate surface area is 146 Å². The van der Waals surface area contributed by atoms with Gasteiger partial charge in [0, 0.05) is 17.0 Å². The third-order valence-corrected chi connectivity index (χ3v) is 4.06. The Kier molecular flexibility index (Phi) is 3.98. The van der Waals surface area contributed by atoms with E-state index in [9.17, 15) is 5.11 Å². The number of halogens is 1. The molecule has 0 saturated heterocycles. The molecule has 0 fully saturated rings. The summed E-state index contributed by atoms with van der Waals surface area (Å²) < 4.78 is 0. The maximum atomic E-state index is 10.8. The summed E-state index contributed by atoms with van der Waals surface area (Å²) in [5.41, 5.74) is 3.40. The van der Waals surface area contributed by atoms with Gasteiger partial charge in [-0.05, 0) is 35.2 Å². The molecule has 0 aliphatic rings. The summed E-state index contributed by atoms with van der Waals surface area (Å²) in [4.78, 5) is 1.44. The second kappa shape index (κ2) is 5.85. The van der Waals surface area contributed by atoms with Crippen LogP contribution >= 0.6 is 11.6 Å². The molecule has 0 atom stereocenters. The van der Waals surface area contributed by atoms with Crippen molar-refractivity contribution in [2.24, 2.45) is 0 Å². The van der Waals surface area contributed by atoms with Gasteiger partial charge in [0.05, 0.1) is 0 Å². The van der Waals surface area contributed by atoms with Crippen LogP contribution in [-0.2, 0) is 11.8 Å². The standard InChI is InChI=1S/C19H18ClN3O/c1-5-6-12-9-14(19(2,3)4)18(24)17(10-12)23-21-15-8-7-13(20)11-16(15)22-23/h1,7-11,24H,6H2,2-4H3. The van der Waals surface area contributed by atoms with Crippen molar-refractivity contribution in [1.82, 2.24) is 15.0 Å². The molecular formula is C19H18ClN3O. The first-order chi connectivity index (χ1) is 11.3. The normalized spacial score (nSPS) is 11.6.